The van der Waals surface area contributed by atoms with Crippen LogP contribution in [0.1, 0.15) is 36.7 Å². The molecule has 0 fully saturated rings. The molecule has 0 spiro atoms. The summed E-state index contributed by atoms with van der Waals surface area (Å²) in [5, 5.41) is -0.464. The lowest BCUT2D eigenvalue weighted by Gasteiger charge is -2.07. The summed E-state index contributed by atoms with van der Waals surface area (Å²) in [6, 6.07) is 7.10. The van der Waals surface area contributed by atoms with Crippen molar-refractivity contribution in [3.63, 3.8) is 0 Å². The largest absolute Gasteiger partial charge is 0.276 e. The van der Waals surface area contributed by atoms with E-state index in [-0.39, 0.29) is 5.41 Å². The summed E-state index contributed by atoms with van der Waals surface area (Å²) in [4.78, 5) is 11.1. The summed E-state index contributed by atoms with van der Waals surface area (Å²) in [5.74, 6) is 6.05. The van der Waals surface area contributed by atoms with Crippen molar-refractivity contribution in [2.75, 3.05) is 0 Å². The Morgan fingerprint density at radius 2 is 1.87 bits per heavy atom. The van der Waals surface area contributed by atoms with Gasteiger partial charge in [-0.15, -0.1) is 0 Å². The van der Waals surface area contributed by atoms with Crippen molar-refractivity contribution >= 4 is 16.8 Å². The maximum Gasteiger partial charge on any atom is 0.253 e. The van der Waals surface area contributed by atoms with Crippen LogP contribution in [0.25, 0.3) is 0 Å². The van der Waals surface area contributed by atoms with Crippen molar-refractivity contribution in [2.45, 2.75) is 20.8 Å². The van der Waals surface area contributed by atoms with Crippen LogP contribution in [0.2, 0.25) is 0 Å². The van der Waals surface area contributed by atoms with Gasteiger partial charge in [-0.3, -0.25) is 4.79 Å². The molecule has 0 atom stereocenters. The average Bonchev–Trinajstić information content (AvgIpc) is 2.14. The molecule has 1 rings (SSSR count). The van der Waals surface area contributed by atoms with Crippen LogP contribution in [0, 0.1) is 17.3 Å². The van der Waals surface area contributed by atoms with E-state index < -0.39 is 5.24 Å². The van der Waals surface area contributed by atoms with Gasteiger partial charge in [0.25, 0.3) is 5.24 Å². The predicted octanol–water partition coefficient (Wildman–Crippen LogP) is 3.46. The van der Waals surface area contributed by atoms with E-state index in [4.69, 9.17) is 11.6 Å². The molecule has 0 aliphatic rings. The van der Waals surface area contributed by atoms with Crippen LogP contribution in [0.5, 0.6) is 0 Å². The van der Waals surface area contributed by atoms with Gasteiger partial charge in [0.1, 0.15) is 0 Å². The van der Waals surface area contributed by atoms with E-state index in [9.17, 15) is 4.79 Å². The van der Waals surface area contributed by atoms with Gasteiger partial charge in [-0.05, 0) is 44.5 Å². The summed E-state index contributed by atoms with van der Waals surface area (Å²) >= 11 is 5.45. The zero-order valence-corrected chi connectivity index (χ0v) is 9.85. The first kappa shape index (κ1) is 11.8. The second-order valence-electron chi connectivity index (χ2n) is 4.32. The van der Waals surface area contributed by atoms with Crippen molar-refractivity contribution in [3.05, 3.63) is 35.4 Å². The minimum Gasteiger partial charge on any atom is -0.276 e. The number of benzene rings is 1. The zero-order chi connectivity index (χ0) is 11.5. The van der Waals surface area contributed by atoms with Crippen LogP contribution >= 0.6 is 11.6 Å². The summed E-state index contributed by atoms with van der Waals surface area (Å²) in [6.07, 6.45) is 0. The summed E-state index contributed by atoms with van der Waals surface area (Å²) < 4.78 is 0. The Morgan fingerprint density at radius 1 is 1.27 bits per heavy atom. The molecule has 1 nitrogen and oxygen atoms in total. The number of hydrogen-bond donors (Lipinski definition) is 0. The SMILES string of the molecule is CC(C)(C)C#Cc1ccccc1C(=O)Cl. The molecule has 1 aromatic rings. The zero-order valence-electron chi connectivity index (χ0n) is 9.10. The lowest BCUT2D eigenvalue weighted by molar-refractivity contribution is 0.108. The predicted molar refractivity (Wildman–Crippen MR) is 63.0 cm³/mol. The number of hydrogen-bond acceptors (Lipinski definition) is 1. The second-order valence-corrected chi connectivity index (χ2v) is 4.66. The summed E-state index contributed by atoms with van der Waals surface area (Å²) in [7, 11) is 0. The Kier molecular flexibility index (Phi) is 3.55. The van der Waals surface area contributed by atoms with E-state index in [1.807, 2.05) is 26.8 Å². The average molecular weight is 221 g/mol. The van der Waals surface area contributed by atoms with E-state index >= 15 is 0 Å². The van der Waals surface area contributed by atoms with E-state index in [2.05, 4.69) is 11.8 Å². The molecule has 0 saturated heterocycles. The minimum absolute atomic E-state index is 0.0809. The Balaban J connectivity index is 3.14. The van der Waals surface area contributed by atoms with Gasteiger partial charge < -0.3 is 0 Å². The number of carbonyl (C=O) groups is 1. The Bertz CT molecular complexity index is 430. The molecule has 0 bridgehead atoms. The smallest absolute Gasteiger partial charge is 0.253 e. The van der Waals surface area contributed by atoms with Crippen LogP contribution in [0.3, 0.4) is 0 Å². The molecule has 0 aliphatic heterocycles. The molecule has 0 radical (unpaired) electrons. The Morgan fingerprint density at radius 3 is 2.40 bits per heavy atom. The molecule has 1 aromatic carbocycles. The second kappa shape index (κ2) is 4.51. The van der Waals surface area contributed by atoms with Crippen LogP contribution in [0.4, 0.5) is 0 Å². The van der Waals surface area contributed by atoms with Gasteiger partial charge >= 0.3 is 0 Å². The van der Waals surface area contributed by atoms with Crippen molar-refractivity contribution < 1.29 is 4.79 Å². The van der Waals surface area contributed by atoms with Gasteiger partial charge in [-0.2, -0.15) is 0 Å². The van der Waals surface area contributed by atoms with Gasteiger partial charge in [0.2, 0.25) is 0 Å². The first-order valence-electron chi connectivity index (χ1n) is 4.72. The fraction of sp³-hybridized carbons (Fsp3) is 0.308. The van der Waals surface area contributed by atoms with Crippen molar-refractivity contribution in [3.8, 4) is 11.8 Å². The first-order valence-corrected chi connectivity index (χ1v) is 5.10. The van der Waals surface area contributed by atoms with Crippen LogP contribution in [-0.4, -0.2) is 5.24 Å². The van der Waals surface area contributed by atoms with E-state index in [1.54, 1.807) is 18.2 Å². The lowest BCUT2D eigenvalue weighted by atomic mass is 9.97. The Hall–Kier alpha value is -1.26. The molecule has 0 aromatic heterocycles. The number of halogens is 1. The molecule has 15 heavy (non-hydrogen) atoms. The molecule has 0 amide bonds. The minimum atomic E-state index is -0.464. The highest BCUT2D eigenvalue weighted by atomic mass is 35.5. The van der Waals surface area contributed by atoms with Crippen molar-refractivity contribution in [1.82, 2.24) is 0 Å². The number of carbonyl (C=O) groups excluding carboxylic acids is 1. The number of rotatable bonds is 1. The highest BCUT2D eigenvalue weighted by Gasteiger charge is 2.07. The van der Waals surface area contributed by atoms with Gasteiger partial charge in [-0.25, -0.2) is 0 Å². The maximum absolute atomic E-state index is 11.1. The molecule has 0 N–H and O–H groups in total. The summed E-state index contributed by atoms with van der Waals surface area (Å²) in [5.41, 5.74) is 1.07. The highest BCUT2D eigenvalue weighted by molar-refractivity contribution is 6.68. The van der Waals surface area contributed by atoms with Crippen LogP contribution < -0.4 is 0 Å². The topological polar surface area (TPSA) is 17.1 Å². The van der Waals surface area contributed by atoms with Crippen LogP contribution in [-0.2, 0) is 0 Å². The van der Waals surface area contributed by atoms with Gasteiger partial charge in [-0.1, -0.05) is 24.0 Å². The normalized spacial score (nSPS) is 10.4. The van der Waals surface area contributed by atoms with E-state index in [0.717, 1.165) is 0 Å². The monoisotopic (exact) mass is 220 g/mol. The molecule has 0 saturated carbocycles. The van der Waals surface area contributed by atoms with E-state index in [0.29, 0.717) is 11.1 Å². The first-order chi connectivity index (χ1) is 6.90. The lowest BCUT2D eigenvalue weighted by Crippen LogP contribution is -2.00. The van der Waals surface area contributed by atoms with E-state index in [1.165, 1.54) is 0 Å². The molecule has 0 unspecified atom stereocenters. The maximum atomic E-state index is 11.1. The van der Waals surface area contributed by atoms with Gasteiger partial charge in [0.15, 0.2) is 0 Å². The fourth-order valence-corrected chi connectivity index (χ4v) is 1.18. The molecule has 78 valence electrons. The van der Waals surface area contributed by atoms with Crippen molar-refractivity contribution in [2.24, 2.45) is 5.41 Å². The van der Waals surface area contributed by atoms with Crippen molar-refractivity contribution in [1.29, 1.82) is 0 Å². The third-order valence-electron chi connectivity index (χ3n) is 1.71. The third kappa shape index (κ3) is 3.77. The standard InChI is InChI=1S/C13H13ClO/c1-13(2,3)9-8-10-6-4-5-7-11(10)12(14)15/h4-7H,1-3H3. The quantitative estimate of drug-likeness (QED) is 0.523. The molecule has 0 aliphatic carbocycles. The third-order valence-corrected chi connectivity index (χ3v) is 1.91. The van der Waals surface area contributed by atoms with Crippen LogP contribution in [0.15, 0.2) is 24.3 Å². The highest BCUT2D eigenvalue weighted by Crippen LogP contribution is 2.13. The summed E-state index contributed by atoms with van der Waals surface area (Å²) in [6.45, 7) is 6.06. The van der Waals surface area contributed by atoms with Gasteiger partial charge in [0, 0.05) is 16.5 Å². The Labute approximate surface area is 95.5 Å². The molecule has 0 heterocycles. The molecular formula is C13H13ClO. The fourth-order valence-electron chi connectivity index (χ4n) is 1.02. The molecular weight excluding hydrogens is 208 g/mol. The van der Waals surface area contributed by atoms with Gasteiger partial charge in [0.05, 0.1) is 0 Å². The molecule has 2 heteroatoms.